The van der Waals surface area contributed by atoms with Crippen LogP contribution in [0.25, 0.3) is 0 Å². The Kier molecular flexibility index (Phi) is 5.04. The molecule has 0 amide bonds. The Balaban J connectivity index is 2.29. The zero-order valence-corrected chi connectivity index (χ0v) is 13.6. The van der Waals surface area contributed by atoms with Gasteiger partial charge in [0.2, 0.25) is 10.0 Å². The third kappa shape index (κ3) is 3.85. The molecule has 1 aromatic heterocycles. The molecule has 2 rings (SSSR count). The fraction of sp³-hybridized carbons (Fsp3) is 0.231. The first-order valence-corrected chi connectivity index (χ1v) is 8.36. The number of rotatable bonds is 5. The number of hydrogen-bond donors (Lipinski definition) is 2. The minimum absolute atomic E-state index is 0.0747. The van der Waals surface area contributed by atoms with E-state index in [-0.39, 0.29) is 18.0 Å². The van der Waals surface area contributed by atoms with Gasteiger partial charge < -0.3 is 5.11 Å². The van der Waals surface area contributed by atoms with Crippen molar-refractivity contribution in [2.24, 2.45) is 0 Å². The van der Waals surface area contributed by atoms with Crippen molar-refractivity contribution in [2.75, 3.05) is 0 Å². The first-order chi connectivity index (χ1) is 9.94. The SMILES string of the molecule is Cc1c(Br)cc(CO)cc1S(=O)(=O)NCc1ccncn1. The number of sulfonamides is 1. The molecule has 8 heteroatoms. The van der Waals surface area contributed by atoms with E-state index in [1.807, 2.05) is 0 Å². The Bertz CT molecular complexity index is 736. The van der Waals surface area contributed by atoms with Crippen molar-refractivity contribution in [1.29, 1.82) is 0 Å². The van der Waals surface area contributed by atoms with Gasteiger partial charge in [-0.25, -0.2) is 23.1 Å². The maximum Gasteiger partial charge on any atom is 0.241 e. The molecule has 2 N–H and O–H groups in total. The molecule has 0 radical (unpaired) electrons. The summed E-state index contributed by atoms with van der Waals surface area (Å²) in [7, 11) is -3.70. The van der Waals surface area contributed by atoms with Gasteiger partial charge in [0.05, 0.1) is 23.7 Å². The fourth-order valence-electron chi connectivity index (χ4n) is 1.75. The van der Waals surface area contributed by atoms with Gasteiger partial charge in [0.15, 0.2) is 0 Å². The summed E-state index contributed by atoms with van der Waals surface area (Å²) >= 11 is 3.30. The third-order valence-electron chi connectivity index (χ3n) is 2.92. The van der Waals surface area contributed by atoms with Crippen LogP contribution in [0.15, 0.2) is 40.1 Å². The van der Waals surface area contributed by atoms with E-state index in [1.165, 1.54) is 12.4 Å². The van der Waals surface area contributed by atoms with Crippen LogP contribution in [0.3, 0.4) is 0 Å². The van der Waals surface area contributed by atoms with Gasteiger partial charge in [-0.1, -0.05) is 15.9 Å². The molecule has 0 saturated carbocycles. The predicted molar refractivity (Wildman–Crippen MR) is 80.9 cm³/mol. The number of aliphatic hydroxyl groups is 1. The third-order valence-corrected chi connectivity index (χ3v) is 5.27. The lowest BCUT2D eigenvalue weighted by molar-refractivity contribution is 0.281. The van der Waals surface area contributed by atoms with Crippen LogP contribution in [-0.4, -0.2) is 23.5 Å². The first-order valence-electron chi connectivity index (χ1n) is 6.08. The molecule has 112 valence electrons. The molecule has 21 heavy (non-hydrogen) atoms. The van der Waals surface area contributed by atoms with Crippen molar-refractivity contribution < 1.29 is 13.5 Å². The molecule has 0 aliphatic rings. The number of benzene rings is 1. The largest absolute Gasteiger partial charge is 0.392 e. The monoisotopic (exact) mass is 371 g/mol. The standard InChI is InChI=1S/C13H14BrN3O3S/c1-9-12(14)4-10(7-18)5-13(9)21(19,20)17-6-11-2-3-15-8-16-11/h2-5,8,17-18H,6-7H2,1H3. The second-order valence-corrected chi connectivity index (χ2v) is 6.97. The maximum absolute atomic E-state index is 12.4. The minimum Gasteiger partial charge on any atom is -0.392 e. The van der Waals surface area contributed by atoms with Gasteiger partial charge in [-0.2, -0.15) is 0 Å². The number of nitrogens with one attached hydrogen (secondary N) is 1. The summed E-state index contributed by atoms with van der Waals surface area (Å²) in [5.74, 6) is 0. The molecule has 1 aromatic carbocycles. The summed E-state index contributed by atoms with van der Waals surface area (Å²) in [5, 5.41) is 9.20. The Morgan fingerprint density at radius 1 is 1.38 bits per heavy atom. The van der Waals surface area contributed by atoms with Gasteiger partial charge >= 0.3 is 0 Å². The van der Waals surface area contributed by atoms with Crippen molar-refractivity contribution in [3.63, 3.8) is 0 Å². The quantitative estimate of drug-likeness (QED) is 0.830. The zero-order chi connectivity index (χ0) is 15.5. The van der Waals surface area contributed by atoms with Gasteiger partial charge in [-0.05, 0) is 36.2 Å². The van der Waals surface area contributed by atoms with Crippen LogP contribution in [0.2, 0.25) is 0 Å². The van der Waals surface area contributed by atoms with Gasteiger partial charge in [-0.3, -0.25) is 0 Å². The Hall–Kier alpha value is -1.35. The van der Waals surface area contributed by atoms with Crippen LogP contribution in [0.1, 0.15) is 16.8 Å². The number of aromatic nitrogens is 2. The lowest BCUT2D eigenvalue weighted by atomic mass is 10.2. The van der Waals surface area contributed by atoms with E-state index in [2.05, 4.69) is 30.6 Å². The van der Waals surface area contributed by atoms with Gasteiger partial charge in [-0.15, -0.1) is 0 Å². The summed E-state index contributed by atoms with van der Waals surface area (Å²) < 4.78 is 27.9. The molecule has 0 fully saturated rings. The molecule has 0 unspecified atom stereocenters. The Labute approximate surface area is 131 Å². The summed E-state index contributed by atoms with van der Waals surface area (Å²) in [6.07, 6.45) is 2.91. The Morgan fingerprint density at radius 3 is 2.76 bits per heavy atom. The normalized spacial score (nSPS) is 11.6. The fourth-order valence-corrected chi connectivity index (χ4v) is 3.70. The van der Waals surface area contributed by atoms with E-state index >= 15 is 0 Å². The zero-order valence-electron chi connectivity index (χ0n) is 11.2. The summed E-state index contributed by atoms with van der Waals surface area (Å²) in [6, 6.07) is 4.79. The van der Waals surface area contributed by atoms with Crippen LogP contribution >= 0.6 is 15.9 Å². The number of halogens is 1. The van der Waals surface area contributed by atoms with Crippen molar-refractivity contribution in [3.05, 3.63) is 52.0 Å². The molecule has 0 aliphatic heterocycles. The van der Waals surface area contributed by atoms with Crippen LogP contribution < -0.4 is 4.72 Å². The highest BCUT2D eigenvalue weighted by atomic mass is 79.9. The molecule has 2 aromatic rings. The van der Waals surface area contributed by atoms with Crippen LogP contribution in [0, 0.1) is 6.92 Å². The smallest absolute Gasteiger partial charge is 0.241 e. The minimum atomic E-state index is -3.70. The predicted octanol–water partition coefficient (Wildman–Crippen LogP) is 1.52. The van der Waals surface area contributed by atoms with Crippen molar-refractivity contribution >= 4 is 26.0 Å². The molecule has 0 bridgehead atoms. The van der Waals surface area contributed by atoms with Crippen LogP contribution in [0.5, 0.6) is 0 Å². The van der Waals surface area contributed by atoms with E-state index in [1.54, 1.807) is 25.3 Å². The van der Waals surface area contributed by atoms with Gasteiger partial charge in [0.25, 0.3) is 0 Å². The molecular weight excluding hydrogens is 358 g/mol. The van der Waals surface area contributed by atoms with E-state index in [0.29, 0.717) is 21.3 Å². The number of aliphatic hydroxyl groups excluding tert-OH is 1. The van der Waals surface area contributed by atoms with Crippen molar-refractivity contribution in [2.45, 2.75) is 25.0 Å². The molecule has 6 nitrogen and oxygen atoms in total. The molecule has 0 saturated heterocycles. The average molecular weight is 372 g/mol. The lowest BCUT2D eigenvalue weighted by Gasteiger charge is -2.12. The topological polar surface area (TPSA) is 92.2 Å². The first kappa shape index (κ1) is 16.0. The molecule has 1 heterocycles. The summed E-state index contributed by atoms with van der Waals surface area (Å²) in [4.78, 5) is 7.87. The molecule has 0 atom stereocenters. The van der Waals surface area contributed by atoms with E-state index < -0.39 is 10.0 Å². The molecular formula is C13H14BrN3O3S. The highest BCUT2D eigenvalue weighted by Gasteiger charge is 2.19. The number of nitrogens with zero attached hydrogens (tertiary/aromatic N) is 2. The second-order valence-electron chi connectivity index (χ2n) is 4.38. The lowest BCUT2D eigenvalue weighted by Crippen LogP contribution is -2.24. The maximum atomic E-state index is 12.4. The summed E-state index contributed by atoms with van der Waals surface area (Å²) in [6.45, 7) is 1.54. The van der Waals surface area contributed by atoms with E-state index in [4.69, 9.17) is 0 Å². The van der Waals surface area contributed by atoms with Gasteiger partial charge in [0, 0.05) is 10.7 Å². The highest BCUT2D eigenvalue weighted by Crippen LogP contribution is 2.25. The summed E-state index contributed by atoms with van der Waals surface area (Å²) in [5.41, 5.74) is 1.68. The van der Waals surface area contributed by atoms with E-state index in [9.17, 15) is 13.5 Å². The highest BCUT2D eigenvalue weighted by molar-refractivity contribution is 9.10. The van der Waals surface area contributed by atoms with Crippen molar-refractivity contribution in [1.82, 2.24) is 14.7 Å². The molecule has 0 aliphatic carbocycles. The second kappa shape index (κ2) is 6.61. The van der Waals surface area contributed by atoms with Crippen molar-refractivity contribution in [3.8, 4) is 0 Å². The van der Waals surface area contributed by atoms with Gasteiger partial charge in [0.1, 0.15) is 6.33 Å². The Morgan fingerprint density at radius 2 is 2.14 bits per heavy atom. The van der Waals surface area contributed by atoms with Crippen LogP contribution in [0.4, 0.5) is 0 Å². The molecule has 0 spiro atoms. The number of hydrogen-bond acceptors (Lipinski definition) is 5. The average Bonchev–Trinajstić information content (AvgIpc) is 2.48. The van der Waals surface area contributed by atoms with E-state index in [0.717, 1.165) is 0 Å². The van der Waals surface area contributed by atoms with Crippen LogP contribution in [-0.2, 0) is 23.2 Å².